The number of benzene rings is 2. The highest BCUT2D eigenvalue weighted by molar-refractivity contribution is 7.89. The van der Waals surface area contributed by atoms with Crippen LogP contribution in [-0.4, -0.2) is 41.3 Å². The van der Waals surface area contributed by atoms with Gasteiger partial charge < -0.3 is 9.88 Å². The predicted octanol–water partition coefficient (Wildman–Crippen LogP) is 3.79. The molecule has 0 atom stereocenters. The van der Waals surface area contributed by atoms with Crippen LogP contribution in [0.25, 0.3) is 11.0 Å². The number of imidazole rings is 1. The zero-order valence-corrected chi connectivity index (χ0v) is 19.6. The predicted molar refractivity (Wildman–Crippen MR) is 124 cm³/mol. The van der Waals surface area contributed by atoms with Crippen molar-refractivity contribution in [1.29, 1.82) is 0 Å². The maximum atomic E-state index is 12.8. The van der Waals surface area contributed by atoms with Gasteiger partial charge in [-0.15, -0.1) is 0 Å². The van der Waals surface area contributed by atoms with E-state index in [1.807, 2.05) is 57.5 Å². The molecule has 1 N–H and O–H groups in total. The van der Waals surface area contributed by atoms with Gasteiger partial charge in [-0.1, -0.05) is 26.0 Å². The van der Waals surface area contributed by atoms with Crippen molar-refractivity contribution < 1.29 is 13.2 Å². The molecule has 0 saturated heterocycles. The van der Waals surface area contributed by atoms with Crippen LogP contribution >= 0.6 is 0 Å². The molecule has 0 aliphatic rings. The number of anilines is 1. The number of nitrogens with one attached hydrogen (secondary N) is 1. The molecule has 0 bridgehead atoms. The molecule has 1 aromatic heterocycles. The van der Waals surface area contributed by atoms with Crippen LogP contribution in [-0.2, 0) is 28.3 Å². The molecule has 166 valence electrons. The standard InChI is InChI=1S/C23H30N4O3S/c1-6-27(7-2)31(29,30)18-10-11-21-20(15-18)24-22(26(21)5)12-13-23(28)25-19-14-16(3)8-9-17(19)4/h8-11,14-15H,6-7,12-13H2,1-5H3,(H,25,28). The number of aromatic nitrogens is 2. The van der Waals surface area contributed by atoms with Gasteiger partial charge in [0.2, 0.25) is 15.9 Å². The van der Waals surface area contributed by atoms with Gasteiger partial charge in [-0.2, -0.15) is 4.31 Å². The second-order valence-corrected chi connectivity index (χ2v) is 9.63. The van der Waals surface area contributed by atoms with Crippen molar-refractivity contribution >= 4 is 32.7 Å². The molecule has 0 fully saturated rings. The first-order valence-corrected chi connectivity index (χ1v) is 11.9. The fourth-order valence-electron chi connectivity index (χ4n) is 3.63. The van der Waals surface area contributed by atoms with E-state index in [9.17, 15) is 13.2 Å². The maximum Gasteiger partial charge on any atom is 0.243 e. The van der Waals surface area contributed by atoms with E-state index in [0.29, 0.717) is 25.0 Å². The Hall–Kier alpha value is -2.71. The zero-order valence-electron chi connectivity index (χ0n) is 18.8. The Kier molecular flexibility index (Phi) is 6.81. The average Bonchev–Trinajstić information content (AvgIpc) is 3.05. The van der Waals surface area contributed by atoms with Gasteiger partial charge in [0.15, 0.2) is 0 Å². The highest BCUT2D eigenvalue weighted by Crippen LogP contribution is 2.23. The SMILES string of the molecule is CCN(CC)S(=O)(=O)c1ccc2c(c1)nc(CCC(=O)Nc1cc(C)ccc1C)n2C. The monoisotopic (exact) mass is 442 g/mol. The van der Waals surface area contributed by atoms with Crippen LogP contribution < -0.4 is 5.32 Å². The summed E-state index contributed by atoms with van der Waals surface area (Å²) in [5.41, 5.74) is 4.38. The third kappa shape index (κ3) is 4.80. The minimum atomic E-state index is -3.54. The Labute approximate surface area is 184 Å². The Bertz CT molecular complexity index is 1210. The summed E-state index contributed by atoms with van der Waals surface area (Å²) in [7, 11) is -1.66. The quantitative estimate of drug-likeness (QED) is 0.575. The van der Waals surface area contributed by atoms with Gasteiger partial charge in [0.25, 0.3) is 0 Å². The van der Waals surface area contributed by atoms with Gasteiger partial charge in [-0.05, 0) is 49.2 Å². The molecule has 0 spiro atoms. The number of aryl methyl sites for hydroxylation is 4. The second kappa shape index (κ2) is 9.20. The number of rotatable bonds is 8. The summed E-state index contributed by atoms with van der Waals surface area (Å²) < 4.78 is 29.0. The molecule has 3 aromatic rings. The highest BCUT2D eigenvalue weighted by atomic mass is 32.2. The van der Waals surface area contributed by atoms with Gasteiger partial charge in [0.05, 0.1) is 15.9 Å². The summed E-state index contributed by atoms with van der Waals surface area (Å²) in [6, 6.07) is 11.0. The van der Waals surface area contributed by atoms with E-state index in [4.69, 9.17) is 0 Å². The fraction of sp³-hybridized carbons (Fsp3) is 0.391. The lowest BCUT2D eigenvalue weighted by molar-refractivity contribution is -0.116. The molecule has 0 unspecified atom stereocenters. The number of amides is 1. The van der Waals surface area contributed by atoms with Crippen LogP contribution in [0, 0.1) is 13.8 Å². The normalized spacial score (nSPS) is 11.9. The molecule has 0 radical (unpaired) electrons. The number of sulfonamides is 1. The molecule has 31 heavy (non-hydrogen) atoms. The van der Waals surface area contributed by atoms with Crippen molar-refractivity contribution in [3.8, 4) is 0 Å². The van der Waals surface area contributed by atoms with E-state index in [2.05, 4.69) is 10.3 Å². The molecule has 1 amide bonds. The molecular formula is C23H30N4O3S. The van der Waals surface area contributed by atoms with Gasteiger partial charge in [-0.25, -0.2) is 13.4 Å². The van der Waals surface area contributed by atoms with Crippen molar-refractivity contribution in [3.63, 3.8) is 0 Å². The first kappa shape index (κ1) is 23.0. The third-order valence-electron chi connectivity index (χ3n) is 5.53. The lowest BCUT2D eigenvalue weighted by atomic mass is 10.1. The molecule has 0 saturated carbocycles. The number of hydrogen-bond donors (Lipinski definition) is 1. The Balaban J connectivity index is 1.78. The van der Waals surface area contributed by atoms with E-state index in [-0.39, 0.29) is 17.2 Å². The third-order valence-corrected chi connectivity index (χ3v) is 7.58. The molecule has 1 heterocycles. The second-order valence-electron chi connectivity index (χ2n) is 7.69. The number of hydrogen-bond acceptors (Lipinski definition) is 4. The van der Waals surface area contributed by atoms with E-state index in [0.717, 1.165) is 28.2 Å². The van der Waals surface area contributed by atoms with Crippen LogP contribution in [0.15, 0.2) is 41.3 Å². The maximum absolute atomic E-state index is 12.8. The summed E-state index contributed by atoms with van der Waals surface area (Å²) in [6.07, 6.45) is 0.745. The number of fused-ring (bicyclic) bond motifs is 1. The Morgan fingerprint density at radius 3 is 2.48 bits per heavy atom. The molecular weight excluding hydrogens is 412 g/mol. The average molecular weight is 443 g/mol. The van der Waals surface area contributed by atoms with E-state index >= 15 is 0 Å². The number of carbonyl (C=O) groups excluding carboxylic acids is 1. The van der Waals surface area contributed by atoms with Crippen LogP contribution in [0.4, 0.5) is 5.69 Å². The van der Waals surface area contributed by atoms with E-state index in [1.54, 1.807) is 18.2 Å². The van der Waals surface area contributed by atoms with Gasteiger partial charge in [-0.3, -0.25) is 4.79 Å². The van der Waals surface area contributed by atoms with Crippen molar-refractivity contribution in [1.82, 2.24) is 13.9 Å². The molecule has 3 rings (SSSR count). The summed E-state index contributed by atoms with van der Waals surface area (Å²) in [5.74, 6) is 0.661. The largest absolute Gasteiger partial charge is 0.331 e. The molecule has 0 aliphatic heterocycles. The summed E-state index contributed by atoms with van der Waals surface area (Å²) in [6.45, 7) is 8.43. The first-order valence-electron chi connectivity index (χ1n) is 10.5. The lowest BCUT2D eigenvalue weighted by Crippen LogP contribution is -2.30. The van der Waals surface area contributed by atoms with Crippen LogP contribution in [0.2, 0.25) is 0 Å². The minimum Gasteiger partial charge on any atom is -0.331 e. The molecule has 0 aliphatic carbocycles. The molecule has 7 nitrogen and oxygen atoms in total. The van der Waals surface area contributed by atoms with E-state index < -0.39 is 10.0 Å². The van der Waals surface area contributed by atoms with Crippen LogP contribution in [0.5, 0.6) is 0 Å². The molecule has 8 heteroatoms. The topological polar surface area (TPSA) is 84.3 Å². The Morgan fingerprint density at radius 2 is 1.81 bits per heavy atom. The van der Waals surface area contributed by atoms with Crippen LogP contribution in [0.3, 0.4) is 0 Å². The first-order chi connectivity index (χ1) is 14.7. The van der Waals surface area contributed by atoms with E-state index in [1.165, 1.54) is 4.31 Å². The molecule has 2 aromatic carbocycles. The van der Waals surface area contributed by atoms with Gasteiger partial charge in [0, 0.05) is 38.7 Å². The summed E-state index contributed by atoms with van der Waals surface area (Å²) >= 11 is 0. The zero-order chi connectivity index (χ0) is 22.8. The van der Waals surface area contributed by atoms with Crippen molar-refractivity contribution in [3.05, 3.63) is 53.3 Å². The number of carbonyl (C=O) groups is 1. The summed E-state index contributed by atoms with van der Waals surface area (Å²) in [4.78, 5) is 17.3. The number of nitrogens with zero attached hydrogens (tertiary/aromatic N) is 3. The smallest absolute Gasteiger partial charge is 0.243 e. The fourth-order valence-corrected chi connectivity index (χ4v) is 5.11. The Morgan fingerprint density at radius 1 is 1.10 bits per heavy atom. The van der Waals surface area contributed by atoms with Crippen molar-refractivity contribution in [2.75, 3.05) is 18.4 Å². The van der Waals surface area contributed by atoms with Crippen LogP contribution in [0.1, 0.15) is 37.2 Å². The van der Waals surface area contributed by atoms with Gasteiger partial charge in [0.1, 0.15) is 5.82 Å². The lowest BCUT2D eigenvalue weighted by Gasteiger charge is -2.18. The van der Waals surface area contributed by atoms with Crippen molar-refractivity contribution in [2.45, 2.75) is 45.4 Å². The van der Waals surface area contributed by atoms with Gasteiger partial charge >= 0.3 is 0 Å². The summed E-state index contributed by atoms with van der Waals surface area (Å²) in [5, 5.41) is 2.97. The highest BCUT2D eigenvalue weighted by Gasteiger charge is 2.22. The minimum absolute atomic E-state index is 0.0782. The van der Waals surface area contributed by atoms with Crippen molar-refractivity contribution in [2.24, 2.45) is 7.05 Å².